The summed E-state index contributed by atoms with van der Waals surface area (Å²) in [7, 11) is -3.46. The summed E-state index contributed by atoms with van der Waals surface area (Å²) in [6.07, 6.45) is 1.14. The van der Waals surface area contributed by atoms with Gasteiger partial charge in [0.2, 0.25) is 10.0 Å². The lowest BCUT2D eigenvalue weighted by atomic mass is 9.89. The van der Waals surface area contributed by atoms with Crippen molar-refractivity contribution in [2.45, 2.75) is 24.7 Å². The van der Waals surface area contributed by atoms with Crippen LogP contribution in [0.5, 0.6) is 0 Å². The molecular weight excluding hydrogens is 322 g/mol. The van der Waals surface area contributed by atoms with Crippen molar-refractivity contribution in [2.24, 2.45) is 5.92 Å². The van der Waals surface area contributed by atoms with Gasteiger partial charge in [0, 0.05) is 24.6 Å². The first-order valence-corrected chi connectivity index (χ1v) is 9.58. The lowest BCUT2D eigenvalue weighted by Crippen LogP contribution is -2.40. The summed E-state index contributed by atoms with van der Waals surface area (Å²) < 4.78 is 26.7. The van der Waals surface area contributed by atoms with Crippen molar-refractivity contribution < 1.29 is 13.2 Å². The van der Waals surface area contributed by atoms with E-state index in [-0.39, 0.29) is 11.7 Å². The number of ketones is 1. The first-order valence-electron chi connectivity index (χ1n) is 8.14. The minimum Gasteiger partial charge on any atom is -0.294 e. The Morgan fingerprint density at radius 1 is 0.958 bits per heavy atom. The van der Waals surface area contributed by atoms with Gasteiger partial charge in [-0.05, 0) is 31.9 Å². The number of hydrogen-bond donors (Lipinski definition) is 0. The van der Waals surface area contributed by atoms with Crippen molar-refractivity contribution in [1.29, 1.82) is 0 Å². The Hall–Kier alpha value is -1.98. The van der Waals surface area contributed by atoms with Gasteiger partial charge in [-0.15, -0.1) is 0 Å². The van der Waals surface area contributed by atoms with Crippen LogP contribution in [0.25, 0.3) is 0 Å². The zero-order chi connectivity index (χ0) is 17.2. The molecule has 0 radical (unpaired) electrons. The van der Waals surface area contributed by atoms with Crippen LogP contribution in [0.2, 0.25) is 0 Å². The Balaban J connectivity index is 1.67. The topological polar surface area (TPSA) is 54.5 Å². The maximum Gasteiger partial charge on any atom is 0.243 e. The number of Topliss-reactive ketones (excluding diaryl/α,β-unsaturated/α-hetero) is 1. The lowest BCUT2D eigenvalue weighted by molar-refractivity contribution is 0.0875. The summed E-state index contributed by atoms with van der Waals surface area (Å²) in [4.78, 5) is 12.9. The van der Waals surface area contributed by atoms with E-state index in [4.69, 9.17) is 0 Å². The van der Waals surface area contributed by atoms with Crippen LogP contribution < -0.4 is 0 Å². The first kappa shape index (κ1) is 16.9. The smallest absolute Gasteiger partial charge is 0.243 e. The van der Waals surface area contributed by atoms with Gasteiger partial charge in [0.1, 0.15) is 0 Å². The van der Waals surface area contributed by atoms with Crippen LogP contribution in [-0.2, 0) is 10.0 Å². The molecule has 0 unspecified atom stereocenters. The van der Waals surface area contributed by atoms with E-state index in [1.807, 2.05) is 31.2 Å². The molecule has 0 N–H and O–H groups in total. The van der Waals surface area contributed by atoms with Gasteiger partial charge in [-0.25, -0.2) is 8.42 Å². The number of carbonyl (C=O) groups is 1. The van der Waals surface area contributed by atoms with Gasteiger partial charge in [0.15, 0.2) is 5.78 Å². The predicted octanol–water partition coefficient (Wildman–Crippen LogP) is 3.28. The second kappa shape index (κ2) is 6.87. The van der Waals surface area contributed by atoms with Crippen LogP contribution in [0.15, 0.2) is 59.5 Å². The second-order valence-corrected chi connectivity index (χ2v) is 8.16. The molecule has 3 rings (SSSR count). The van der Waals surface area contributed by atoms with Crippen LogP contribution in [0.4, 0.5) is 0 Å². The van der Waals surface area contributed by atoms with Crippen LogP contribution in [-0.4, -0.2) is 31.6 Å². The number of carbonyl (C=O) groups excluding carboxylic acids is 1. The average Bonchev–Trinajstić information content (AvgIpc) is 2.62. The molecule has 0 bridgehead atoms. The van der Waals surface area contributed by atoms with E-state index in [0.717, 1.165) is 5.56 Å². The second-order valence-electron chi connectivity index (χ2n) is 6.22. The first-order chi connectivity index (χ1) is 11.5. The summed E-state index contributed by atoms with van der Waals surface area (Å²) in [6.45, 7) is 2.76. The highest BCUT2D eigenvalue weighted by Crippen LogP contribution is 2.26. The fourth-order valence-electron chi connectivity index (χ4n) is 3.05. The Morgan fingerprint density at radius 2 is 1.54 bits per heavy atom. The van der Waals surface area contributed by atoms with Crippen LogP contribution >= 0.6 is 0 Å². The Labute approximate surface area is 143 Å². The average molecular weight is 343 g/mol. The van der Waals surface area contributed by atoms with E-state index < -0.39 is 10.0 Å². The third kappa shape index (κ3) is 3.42. The van der Waals surface area contributed by atoms with E-state index in [1.165, 1.54) is 4.31 Å². The van der Waals surface area contributed by atoms with Gasteiger partial charge in [0.25, 0.3) is 0 Å². The third-order valence-corrected chi connectivity index (χ3v) is 6.45. The van der Waals surface area contributed by atoms with Gasteiger partial charge >= 0.3 is 0 Å². The predicted molar refractivity (Wildman–Crippen MR) is 93.4 cm³/mol. The van der Waals surface area contributed by atoms with E-state index in [9.17, 15) is 13.2 Å². The van der Waals surface area contributed by atoms with Crippen LogP contribution in [0, 0.1) is 12.8 Å². The van der Waals surface area contributed by atoms with Crippen molar-refractivity contribution in [3.8, 4) is 0 Å². The molecule has 126 valence electrons. The number of nitrogens with zero attached hydrogens (tertiary/aromatic N) is 1. The Bertz CT molecular complexity index is 805. The van der Waals surface area contributed by atoms with Crippen molar-refractivity contribution in [2.75, 3.05) is 13.1 Å². The standard InChI is InChI=1S/C19H21NO3S/c1-15-7-9-16(10-8-15)19(21)17-11-13-20(14-12-17)24(22,23)18-5-3-2-4-6-18/h2-10,17H,11-14H2,1H3. The van der Waals surface area contributed by atoms with Gasteiger partial charge in [-0.3, -0.25) is 4.79 Å². The summed E-state index contributed by atoms with van der Waals surface area (Å²) in [5, 5.41) is 0. The SMILES string of the molecule is Cc1ccc(C(=O)C2CCN(S(=O)(=O)c3ccccc3)CC2)cc1. The van der Waals surface area contributed by atoms with Gasteiger partial charge < -0.3 is 0 Å². The number of rotatable bonds is 4. The summed E-state index contributed by atoms with van der Waals surface area (Å²) in [5.41, 5.74) is 1.83. The number of hydrogen-bond acceptors (Lipinski definition) is 3. The molecule has 1 fully saturated rings. The number of sulfonamides is 1. The highest BCUT2D eigenvalue weighted by molar-refractivity contribution is 7.89. The van der Waals surface area contributed by atoms with Gasteiger partial charge in [0.05, 0.1) is 4.90 Å². The zero-order valence-corrected chi connectivity index (χ0v) is 14.5. The zero-order valence-electron chi connectivity index (χ0n) is 13.7. The molecule has 4 nitrogen and oxygen atoms in total. The van der Waals surface area contributed by atoms with E-state index in [2.05, 4.69) is 0 Å². The molecule has 1 aliphatic heterocycles. The van der Waals surface area contributed by atoms with Crippen molar-refractivity contribution in [3.63, 3.8) is 0 Å². The summed E-state index contributed by atoms with van der Waals surface area (Å²) in [6, 6.07) is 16.0. The highest BCUT2D eigenvalue weighted by atomic mass is 32.2. The molecule has 24 heavy (non-hydrogen) atoms. The number of aryl methyl sites for hydroxylation is 1. The molecule has 0 aromatic heterocycles. The van der Waals surface area contributed by atoms with Crippen molar-refractivity contribution in [1.82, 2.24) is 4.31 Å². The monoisotopic (exact) mass is 343 g/mol. The highest BCUT2D eigenvalue weighted by Gasteiger charge is 2.32. The molecule has 0 amide bonds. The van der Waals surface area contributed by atoms with Gasteiger partial charge in [-0.2, -0.15) is 4.31 Å². The molecule has 0 saturated carbocycles. The summed E-state index contributed by atoms with van der Waals surface area (Å²) in [5.74, 6) is 0.0155. The van der Waals surface area contributed by atoms with E-state index >= 15 is 0 Å². The quantitative estimate of drug-likeness (QED) is 0.801. The maximum absolute atomic E-state index is 12.6. The fourth-order valence-corrected chi connectivity index (χ4v) is 4.54. The minimum atomic E-state index is -3.46. The normalized spacial score (nSPS) is 16.9. The molecule has 1 heterocycles. The minimum absolute atomic E-state index is 0.102. The molecule has 2 aromatic rings. The largest absolute Gasteiger partial charge is 0.294 e. The molecule has 1 aliphatic rings. The fraction of sp³-hybridized carbons (Fsp3) is 0.316. The lowest BCUT2D eigenvalue weighted by Gasteiger charge is -2.30. The Kier molecular flexibility index (Phi) is 4.83. The molecule has 0 aliphatic carbocycles. The molecule has 1 saturated heterocycles. The maximum atomic E-state index is 12.6. The van der Waals surface area contributed by atoms with Crippen LogP contribution in [0.3, 0.4) is 0 Å². The Morgan fingerprint density at radius 3 is 2.12 bits per heavy atom. The molecule has 5 heteroatoms. The molecular formula is C19H21NO3S. The third-order valence-electron chi connectivity index (χ3n) is 4.54. The van der Waals surface area contributed by atoms with Crippen LogP contribution in [0.1, 0.15) is 28.8 Å². The van der Waals surface area contributed by atoms with E-state index in [1.54, 1.807) is 30.3 Å². The molecule has 2 aromatic carbocycles. The van der Waals surface area contributed by atoms with E-state index in [0.29, 0.717) is 36.4 Å². The van der Waals surface area contributed by atoms with Crippen molar-refractivity contribution in [3.05, 3.63) is 65.7 Å². The summed E-state index contributed by atoms with van der Waals surface area (Å²) >= 11 is 0. The molecule has 0 atom stereocenters. The number of benzene rings is 2. The number of piperidine rings is 1. The van der Waals surface area contributed by atoms with Crippen molar-refractivity contribution >= 4 is 15.8 Å². The van der Waals surface area contributed by atoms with Gasteiger partial charge in [-0.1, -0.05) is 48.0 Å². The molecule has 0 spiro atoms.